The van der Waals surface area contributed by atoms with Gasteiger partial charge in [-0.05, 0) is 30.7 Å². The number of para-hydroxylation sites is 4. The van der Waals surface area contributed by atoms with Gasteiger partial charge in [0.2, 0.25) is 5.91 Å². The molecule has 7 nitrogen and oxygen atoms in total. The third-order valence-electron chi connectivity index (χ3n) is 4.81. The van der Waals surface area contributed by atoms with Crippen molar-refractivity contribution in [3.8, 4) is 5.75 Å². The topological polar surface area (TPSA) is 84.7 Å². The van der Waals surface area contributed by atoms with Crippen molar-refractivity contribution in [1.82, 2.24) is 10.3 Å². The van der Waals surface area contributed by atoms with Gasteiger partial charge in [0, 0.05) is 19.4 Å². The van der Waals surface area contributed by atoms with E-state index in [2.05, 4.69) is 10.3 Å². The van der Waals surface area contributed by atoms with Crippen molar-refractivity contribution < 1.29 is 18.7 Å². The lowest BCUT2D eigenvalue weighted by molar-refractivity contribution is -0.128. The van der Waals surface area contributed by atoms with Gasteiger partial charge in [-0.25, -0.2) is 4.98 Å². The van der Waals surface area contributed by atoms with E-state index in [1.807, 2.05) is 49.4 Å². The van der Waals surface area contributed by atoms with Crippen LogP contribution in [0.2, 0.25) is 0 Å². The molecule has 0 bridgehead atoms. The Morgan fingerprint density at radius 3 is 2.79 bits per heavy atom. The quantitative estimate of drug-likeness (QED) is 0.696. The number of anilines is 1. The van der Waals surface area contributed by atoms with Crippen LogP contribution in [0.1, 0.15) is 25.7 Å². The molecular weight excluding hydrogens is 370 g/mol. The highest BCUT2D eigenvalue weighted by Crippen LogP contribution is 2.33. The molecule has 1 aliphatic rings. The molecular formula is C22H23N3O4. The van der Waals surface area contributed by atoms with Gasteiger partial charge in [-0.1, -0.05) is 31.2 Å². The molecule has 0 radical (unpaired) electrons. The first-order chi connectivity index (χ1) is 14.2. The van der Waals surface area contributed by atoms with Gasteiger partial charge < -0.3 is 19.4 Å². The van der Waals surface area contributed by atoms with Crippen LogP contribution in [0, 0.1) is 0 Å². The number of carbonyl (C=O) groups excluding carboxylic acids is 2. The lowest BCUT2D eigenvalue weighted by Crippen LogP contribution is -2.50. The highest BCUT2D eigenvalue weighted by atomic mass is 16.5. The maximum Gasteiger partial charge on any atom is 0.262 e. The molecule has 2 heterocycles. The van der Waals surface area contributed by atoms with Gasteiger partial charge in [-0.2, -0.15) is 0 Å². The SMILES string of the molecule is CCCNC(=O)[C@H]1CN(C(=O)CCc2nc3ccccc3o2)c2ccccc2O1. The van der Waals surface area contributed by atoms with Gasteiger partial charge in [0.15, 0.2) is 17.6 Å². The molecule has 0 aliphatic carbocycles. The van der Waals surface area contributed by atoms with E-state index in [0.29, 0.717) is 35.9 Å². The van der Waals surface area contributed by atoms with Crippen LogP contribution in [0.5, 0.6) is 5.75 Å². The number of amides is 2. The number of fused-ring (bicyclic) bond motifs is 2. The van der Waals surface area contributed by atoms with Crippen LogP contribution in [0.25, 0.3) is 11.1 Å². The Balaban J connectivity index is 1.48. The zero-order valence-corrected chi connectivity index (χ0v) is 16.3. The van der Waals surface area contributed by atoms with Crippen LogP contribution in [-0.2, 0) is 16.0 Å². The summed E-state index contributed by atoms with van der Waals surface area (Å²) in [4.78, 5) is 31.5. The monoisotopic (exact) mass is 393 g/mol. The van der Waals surface area contributed by atoms with E-state index in [4.69, 9.17) is 9.15 Å². The summed E-state index contributed by atoms with van der Waals surface area (Å²) < 4.78 is 11.5. The largest absolute Gasteiger partial charge is 0.477 e. The number of oxazole rings is 1. The smallest absolute Gasteiger partial charge is 0.262 e. The van der Waals surface area contributed by atoms with Crippen molar-refractivity contribution in [3.63, 3.8) is 0 Å². The number of hydrogen-bond donors (Lipinski definition) is 1. The summed E-state index contributed by atoms with van der Waals surface area (Å²) in [5.74, 6) is 0.748. The standard InChI is InChI=1S/C22H23N3O4/c1-2-13-23-22(27)19-14-25(16-8-4-6-10-18(16)28-19)21(26)12-11-20-24-15-7-3-5-9-17(15)29-20/h3-10,19H,2,11-14H2,1H3,(H,23,27)/t19-/m1/s1. The van der Waals surface area contributed by atoms with Gasteiger partial charge in [-0.3, -0.25) is 9.59 Å². The van der Waals surface area contributed by atoms with Gasteiger partial charge >= 0.3 is 0 Å². The molecule has 1 aliphatic heterocycles. The second-order valence-corrected chi connectivity index (χ2v) is 6.94. The van der Waals surface area contributed by atoms with E-state index in [-0.39, 0.29) is 24.8 Å². The first-order valence-corrected chi connectivity index (χ1v) is 9.84. The van der Waals surface area contributed by atoms with Gasteiger partial charge in [0.25, 0.3) is 5.91 Å². The molecule has 0 fully saturated rings. The second kappa shape index (κ2) is 8.34. The fourth-order valence-corrected chi connectivity index (χ4v) is 3.34. The van der Waals surface area contributed by atoms with Crippen LogP contribution < -0.4 is 15.0 Å². The van der Waals surface area contributed by atoms with Crippen molar-refractivity contribution in [3.05, 3.63) is 54.4 Å². The minimum Gasteiger partial charge on any atom is -0.477 e. The number of nitrogens with one attached hydrogen (secondary N) is 1. The molecule has 0 saturated carbocycles. The Labute approximate surface area is 168 Å². The highest BCUT2D eigenvalue weighted by Gasteiger charge is 2.33. The Hall–Kier alpha value is -3.35. The highest BCUT2D eigenvalue weighted by molar-refractivity contribution is 5.97. The molecule has 4 rings (SSSR count). The molecule has 0 spiro atoms. The van der Waals surface area contributed by atoms with Gasteiger partial charge in [0.1, 0.15) is 11.3 Å². The number of carbonyl (C=O) groups is 2. The van der Waals surface area contributed by atoms with Crippen molar-refractivity contribution >= 4 is 28.6 Å². The van der Waals surface area contributed by atoms with Crippen LogP contribution in [-0.4, -0.2) is 36.0 Å². The number of aryl methyl sites for hydroxylation is 1. The van der Waals surface area contributed by atoms with Crippen molar-refractivity contribution in [2.24, 2.45) is 0 Å². The Morgan fingerprint density at radius 2 is 1.97 bits per heavy atom. The average molecular weight is 393 g/mol. The van der Waals surface area contributed by atoms with E-state index < -0.39 is 6.10 Å². The number of aromatic nitrogens is 1. The summed E-state index contributed by atoms with van der Waals surface area (Å²) in [6.07, 6.45) is 0.719. The van der Waals surface area contributed by atoms with Crippen LogP contribution >= 0.6 is 0 Å². The predicted octanol–water partition coefficient (Wildman–Crippen LogP) is 3.08. The normalized spacial score (nSPS) is 15.6. The second-order valence-electron chi connectivity index (χ2n) is 6.94. The molecule has 1 aromatic heterocycles. The first-order valence-electron chi connectivity index (χ1n) is 9.84. The van der Waals surface area contributed by atoms with Gasteiger partial charge in [-0.15, -0.1) is 0 Å². The summed E-state index contributed by atoms with van der Waals surface area (Å²) in [6, 6.07) is 14.8. The number of rotatable bonds is 6. The molecule has 0 unspecified atom stereocenters. The van der Waals surface area contributed by atoms with E-state index >= 15 is 0 Å². The van der Waals surface area contributed by atoms with Crippen molar-refractivity contribution in [2.45, 2.75) is 32.3 Å². The number of benzene rings is 2. The number of ether oxygens (including phenoxy) is 1. The fourth-order valence-electron chi connectivity index (χ4n) is 3.34. The maximum absolute atomic E-state index is 13.0. The number of nitrogens with zero attached hydrogens (tertiary/aromatic N) is 2. The van der Waals surface area contributed by atoms with Crippen LogP contribution in [0.15, 0.2) is 52.9 Å². The Bertz CT molecular complexity index is 997. The average Bonchev–Trinajstić information content (AvgIpc) is 3.18. The first kappa shape index (κ1) is 19.0. The molecule has 1 atom stereocenters. The van der Waals surface area contributed by atoms with E-state index in [0.717, 1.165) is 11.9 Å². The molecule has 150 valence electrons. The third kappa shape index (κ3) is 4.08. The summed E-state index contributed by atoms with van der Waals surface area (Å²) in [5, 5.41) is 2.84. The van der Waals surface area contributed by atoms with E-state index in [1.54, 1.807) is 11.0 Å². The third-order valence-corrected chi connectivity index (χ3v) is 4.81. The van der Waals surface area contributed by atoms with Crippen LogP contribution in [0.3, 0.4) is 0 Å². The minimum atomic E-state index is -0.732. The molecule has 2 aromatic carbocycles. The Kier molecular flexibility index (Phi) is 5.46. The van der Waals surface area contributed by atoms with E-state index in [1.165, 1.54) is 0 Å². The molecule has 3 aromatic rings. The molecule has 7 heteroatoms. The summed E-state index contributed by atoms with van der Waals surface area (Å²) >= 11 is 0. The van der Waals surface area contributed by atoms with E-state index in [9.17, 15) is 9.59 Å². The van der Waals surface area contributed by atoms with Crippen molar-refractivity contribution in [1.29, 1.82) is 0 Å². The summed E-state index contributed by atoms with van der Waals surface area (Å²) in [7, 11) is 0. The van der Waals surface area contributed by atoms with Crippen molar-refractivity contribution in [2.75, 3.05) is 18.0 Å². The lowest BCUT2D eigenvalue weighted by Gasteiger charge is -2.34. The zero-order chi connectivity index (χ0) is 20.2. The lowest BCUT2D eigenvalue weighted by atomic mass is 10.1. The van der Waals surface area contributed by atoms with Crippen LogP contribution in [0.4, 0.5) is 5.69 Å². The minimum absolute atomic E-state index is 0.101. The molecule has 1 N–H and O–H groups in total. The zero-order valence-electron chi connectivity index (χ0n) is 16.3. The summed E-state index contributed by atoms with van der Waals surface area (Å²) in [5.41, 5.74) is 2.16. The Morgan fingerprint density at radius 1 is 1.17 bits per heavy atom. The fraction of sp³-hybridized carbons (Fsp3) is 0.318. The summed E-state index contributed by atoms with van der Waals surface area (Å²) in [6.45, 7) is 2.74. The maximum atomic E-state index is 13.0. The van der Waals surface area contributed by atoms with Gasteiger partial charge in [0.05, 0.1) is 12.2 Å². The molecule has 0 saturated heterocycles. The number of hydrogen-bond acceptors (Lipinski definition) is 5. The predicted molar refractivity (Wildman–Crippen MR) is 109 cm³/mol. The molecule has 2 amide bonds. The molecule has 29 heavy (non-hydrogen) atoms.